The van der Waals surface area contributed by atoms with Crippen molar-refractivity contribution < 1.29 is 28.2 Å². The quantitative estimate of drug-likeness (QED) is 0.768. The minimum Gasteiger partial charge on any atom is -0.478 e. The van der Waals surface area contributed by atoms with Gasteiger partial charge in [0.05, 0.1) is 0 Å². The number of hydrogen-bond donors (Lipinski definition) is 3. The molecule has 0 saturated carbocycles. The molecule has 7 nitrogen and oxygen atoms in total. The van der Waals surface area contributed by atoms with Gasteiger partial charge in [0.15, 0.2) is 0 Å². The second kappa shape index (κ2) is 5.32. The van der Waals surface area contributed by atoms with Gasteiger partial charge in [-0.15, -0.1) is 11.3 Å². The molecule has 112 valence electrons. The van der Waals surface area contributed by atoms with E-state index in [9.17, 15) is 18.0 Å². The smallest absolute Gasteiger partial charge is 0.347 e. The predicted octanol–water partition coefficient (Wildman–Crippen LogP) is 1.87. The lowest BCUT2D eigenvalue weighted by Gasteiger charge is -2.20. The molecule has 10 heteroatoms. The molecule has 3 N–H and O–H groups in total. The maximum absolute atomic E-state index is 12.2. The fraction of sp³-hybridized carbons (Fsp3) is 0.400. The first-order chi connectivity index (χ1) is 8.87. The van der Waals surface area contributed by atoms with Crippen molar-refractivity contribution in [1.29, 1.82) is 0 Å². The zero-order valence-corrected chi connectivity index (χ0v) is 13.1. The molecule has 0 radical (unpaired) electrons. The van der Waals surface area contributed by atoms with Gasteiger partial charge in [-0.05, 0) is 20.8 Å². The van der Waals surface area contributed by atoms with Crippen LogP contribution < -0.4 is 4.72 Å². The molecule has 0 aliphatic heterocycles. The van der Waals surface area contributed by atoms with Crippen LogP contribution in [-0.2, 0) is 10.0 Å². The summed E-state index contributed by atoms with van der Waals surface area (Å²) in [5, 5.41) is 18.1. The van der Waals surface area contributed by atoms with E-state index < -0.39 is 47.2 Å². The molecule has 1 aromatic rings. The standard InChI is InChI=1S/C10H12ClNO6S2/c1-10(2,3)12-20(17,18)6-4(8(13)14)7(11)19-5(6)9(15)16/h12H,1-3H3,(H,13,14)(H,15,16). The Morgan fingerprint density at radius 3 is 2.05 bits per heavy atom. The maximum Gasteiger partial charge on any atom is 0.347 e. The van der Waals surface area contributed by atoms with Crippen molar-refractivity contribution in [2.75, 3.05) is 0 Å². The molecule has 0 bridgehead atoms. The van der Waals surface area contributed by atoms with Crippen molar-refractivity contribution in [3.05, 3.63) is 14.8 Å². The number of aromatic carboxylic acids is 2. The third-order valence-corrected chi connectivity index (χ3v) is 5.28. The summed E-state index contributed by atoms with van der Waals surface area (Å²) in [6.07, 6.45) is 0. The lowest BCUT2D eigenvalue weighted by molar-refractivity contribution is 0.0693. The van der Waals surface area contributed by atoms with Crippen molar-refractivity contribution in [2.24, 2.45) is 0 Å². The highest BCUT2D eigenvalue weighted by Gasteiger charge is 2.36. The molecular formula is C10H12ClNO6S2. The predicted molar refractivity (Wildman–Crippen MR) is 73.3 cm³/mol. The van der Waals surface area contributed by atoms with E-state index >= 15 is 0 Å². The van der Waals surface area contributed by atoms with Gasteiger partial charge in [-0.3, -0.25) is 0 Å². The average Bonchev–Trinajstić information content (AvgIpc) is 2.52. The molecule has 0 aliphatic carbocycles. The minimum atomic E-state index is -4.33. The number of carboxylic acid groups (broad SMARTS) is 2. The van der Waals surface area contributed by atoms with Crippen molar-refractivity contribution in [3.63, 3.8) is 0 Å². The monoisotopic (exact) mass is 341 g/mol. The van der Waals surface area contributed by atoms with E-state index in [4.69, 9.17) is 21.8 Å². The van der Waals surface area contributed by atoms with E-state index in [1.165, 1.54) is 0 Å². The molecule has 0 unspecified atom stereocenters. The van der Waals surface area contributed by atoms with E-state index in [1.54, 1.807) is 20.8 Å². The molecule has 0 atom stereocenters. The highest BCUT2D eigenvalue weighted by molar-refractivity contribution is 7.90. The van der Waals surface area contributed by atoms with E-state index in [-0.39, 0.29) is 0 Å². The third kappa shape index (κ3) is 3.48. The number of thiophene rings is 1. The maximum atomic E-state index is 12.2. The van der Waals surface area contributed by atoms with Crippen molar-refractivity contribution >= 4 is 44.9 Å². The minimum absolute atomic E-state index is 0.396. The summed E-state index contributed by atoms with van der Waals surface area (Å²) in [4.78, 5) is 20.8. The zero-order chi connectivity index (χ0) is 15.9. The molecule has 0 aliphatic rings. The Bertz CT molecular complexity index is 671. The Morgan fingerprint density at radius 2 is 1.70 bits per heavy atom. The van der Waals surface area contributed by atoms with Gasteiger partial charge in [-0.2, -0.15) is 0 Å². The van der Waals surface area contributed by atoms with Gasteiger partial charge in [0.1, 0.15) is 19.7 Å². The SMILES string of the molecule is CC(C)(C)NS(=O)(=O)c1c(C(=O)O)sc(Cl)c1C(=O)O. The van der Waals surface area contributed by atoms with Crippen LogP contribution in [0.15, 0.2) is 4.90 Å². The van der Waals surface area contributed by atoms with Crippen LogP contribution in [0.3, 0.4) is 0 Å². The molecule has 1 heterocycles. The Labute approximate surface area is 124 Å². The number of sulfonamides is 1. The summed E-state index contributed by atoms with van der Waals surface area (Å²) in [6, 6.07) is 0. The molecule has 1 rings (SSSR count). The van der Waals surface area contributed by atoms with Gasteiger partial charge in [-0.1, -0.05) is 11.6 Å². The molecule has 0 spiro atoms. The van der Waals surface area contributed by atoms with Crippen LogP contribution in [0.5, 0.6) is 0 Å². The molecule has 0 saturated heterocycles. The normalized spacial score (nSPS) is 12.4. The summed E-state index contributed by atoms with van der Waals surface area (Å²) >= 11 is 6.04. The highest BCUT2D eigenvalue weighted by atomic mass is 35.5. The first-order valence-electron chi connectivity index (χ1n) is 5.19. The Hall–Kier alpha value is -1.16. The van der Waals surface area contributed by atoms with Gasteiger partial charge in [-0.25, -0.2) is 22.7 Å². The molecule has 0 fully saturated rings. The summed E-state index contributed by atoms with van der Waals surface area (Å²) in [7, 11) is -4.33. The van der Waals surface area contributed by atoms with Gasteiger partial charge in [0.2, 0.25) is 10.0 Å². The van der Waals surface area contributed by atoms with E-state index in [2.05, 4.69) is 4.72 Å². The summed E-state index contributed by atoms with van der Waals surface area (Å²) in [5.74, 6) is -3.16. The second-order valence-corrected chi connectivity index (χ2v) is 8.12. The van der Waals surface area contributed by atoms with Crippen molar-refractivity contribution in [2.45, 2.75) is 31.2 Å². The van der Waals surface area contributed by atoms with Crippen LogP contribution >= 0.6 is 22.9 Å². The van der Waals surface area contributed by atoms with Crippen LogP contribution in [0.1, 0.15) is 40.8 Å². The first-order valence-corrected chi connectivity index (χ1v) is 7.87. The Morgan fingerprint density at radius 1 is 1.20 bits per heavy atom. The Balaban J connectivity index is 3.65. The highest BCUT2D eigenvalue weighted by Crippen LogP contribution is 2.36. The third-order valence-electron chi connectivity index (χ3n) is 1.94. The second-order valence-electron chi connectivity index (χ2n) is 4.87. The van der Waals surface area contributed by atoms with Crippen LogP contribution in [-0.4, -0.2) is 36.1 Å². The summed E-state index contributed by atoms with van der Waals surface area (Å²) < 4.78 is 26.3. The lowest BCUT2D eigenvalue weighted by atomic mass is 10.1. The lowest BCUT2D eigenvalue weighted by Crippen LogP contribution is -2.41. The van der Waals surface area contributed by atoms with Crippen molar-refractivity contribution in [1.82, 2.24) is 4.72 Å². The van der Waals surface area contributed by atoms with E-state index in [0.29, 0.717) is 11.3 Å². The number of carboxylic acids is 2. The van der Waals surface area contributed by atoms with Crippen LogP contribution in [0.2, 0.25) is 4.34 Å². The summed E-state index contributed by atoms with van der Waals surface area (Å²) in [6.45, 7) is 4.62. The summed E-state index contributed by atoms with van der Waals surface area (Å²) in [5.41, 5.74) is -1.63. The number of rotatable bonds is 4. The molecule has 0 aromatic carbocycles. The van der Waals surface area contributed by atoms with Crippen LogP contribution in [0.25, 0.3) is 0 Å². The molecule has 0 amide bonds. The molecular weight excluding hydrogens is 330 g/mol. The number of nitrogens with one attached hydrogen (secondary N) is 1. The fourth-order valence-electron chi connectivity index (χ4n) is 1.42. The van der Waals surface area contributed by atoms with Crippen molar-refractivity contribution in [3.8, 4) is 0 Å². The average molecular weight is 342 g/mol. The van der Waals surface area contributed by atoms with Crippen LogP contribution in [0.4, 0.5) is 0 Å². The zero-order valence-electron chi connectivity index (χ0n) is 10.7. The number of hydrogen-bond acceptors (Lipinski definition) is 5. The fourth-order valence-corrected chi connectivity index (χ4v) is 4.85. The Kier molecular flexibility index (Phi) is 4.49. The number of carbonyl (C=O) groups is 2. The molecule has 1 aromatic heterocycles. The van der Waals surface area contributed by atoms with Crippen LogP contribution in [0, 0.1) is 0 Å². The largest absolute Gasteiger partial charge is 0.478 e. The number of halogens is 1. The molecule has 20 heavy (non-hydrogen) atoms. The van der Waals surface area contributed by atoms with E-state index in [0.717, 1.165) is 0 Å². The topological polar surface area (TPSA) is 121 Å². The van der Waals surface area contributed by atoms with Gasteiger partial charge in [0.25, 0.3) is 0 Å². The first kappa shape index (κ1) is 16.9. The van der Waals surface area contributed by atoms with E-state index in [1.807, 2.05) is 0 Å². The van der Waals surface area contributed by atoms with Gasteiger partial charge in [0, 0.05) is 5.54 Å². The van der Waals surface area contributed by atoms with Gasteiger partial charge < -0.3 is 10.2 Å². The van der Waals surface area contributed by atoms with Gasteiger partial charge >= 0.3 is 11.9 Å².